The molecule has 1 aromatic rings. The summed E-state index contributed by atoms with van der Waals surface area (Å²) in [6.07, 6.45) is 10.0. The molecule has 6 heteroatoms. The number of nitrogens with zero attached hydrogens (tertiary/aromatic N) is 1. The summed E-state index contributed by atoms with van der Waals surface area (Å²) in [5.74, 6) is 1.05. The number of piperidine rings is 1. The maximum Gasteiger partial charge on any atom is 0.315 e. The van der Waals surface area contributed by atoms with Crippen LogP contribution in [0.2, 0.25) is 0 Å². The number of nitrogens with one attached hydrogen (secondary N) is 2. The first-order chi connectivity index (χ1) is 11.8. The largest absolute Gasteiger partial charge is 0.468 e. The number of aliphatic hydroxyl groups excluding tert-OH is 1. The van der Waals surface area contributed by atoms with E-state index in [1.807, 2.05) is 24.3 Å². The summed E-state index contributed by atoms with van der Waals surface area (Å²) in [6, 6.07) is 3.78. The number of urea groups is 1. The lowest BCUT2D eigenvalue weighted by Gasteiger charge is -2.33. The van der Waals surface area contributed by atoms with Crippen LogP contribution in [-0.4, -0.2) is 48.3 Å². The lowest BCUT2D eigenvalue weighted by Crippen LogP contribution is -2.45. The smallest absolute Gasteiger partial charge is 0.315 e. The Kier molecular flexibility index (Phi) is 5.93. The number of amides is 2. The second-order valence-electron chi connectivity index (χ2n) is 6.65. The zero-order valence-corrected chi connectivity index (χ0v) is 14.0. The lowest BCUT2D eigenvalue weighted by atomic mass is 10.1. The Balaban J connectivity index is 1.51. The summed E-state index contributed by atoms with van der Waals surface area (Å²) in [7, 11) is 0. The molecule has 132 valence electrons. The second-order valence-corrected chi connectivity index (χ2v) is 6.65. The zero-order valence-electron chi connectivity index (χ0n) is 14.0. The molecule has 0 radical (unpaired) electrons. The molecule has 24 heavy (non-hydrogen) atoms. The van der Waals surface area contributed by atoms with Crippen LogP contribution in [0.5, 0.6) is 0 Å². The van der Waals surface area contributed by atoms with Gasteiger partial charge in [-0.2, -0.15) is 0 Å². The van der Waals surface area contributed by atoms with Gasteiger partial charge in [-0.3, -0.25) is 4.90 Å². The quantitative estimate of drug-likeness (QED) is 0.696. The Labute approximate surface area is 142 Å². The van der Waals surface area contributed by atoms with Gasteiger partial charge in [0.15, 0.2) is 0 Å². The molecule has 2 aliphatic rings. The molecular weight excluding hydrogens is 306 g/mol. The SMILES string of the molecule is O=C(NCC(c1ccco1)N1CCCCC1)N[C@@H]1C=C[C@H](CO)C1. The van der Waals surface area contributed by atoms with Gasteiger partial charge in [-0.1, -0.05) is 18.6 Å². The van der Waals surface area contributed by atoms with E-state index in [0.717, 1.165) is 25.3 Å². The first-order valence-electron chi connectivity index (χ1n) is 8.87. The number of carbonyl (C=O) groups is 1. The molecule has 2 heterocycles. The van der Waals surface area contributed by atoms with E-state index in [2.05, 4.69) is 15.5 Å². The van der Waals surface area contributed by atoms with Gasteiger partial charge in [-0.05, 0) is 44.5 Å². The summed E-state index contributed by atoms with van der Waals surface area (Å²) in [5, 5.41) is 15.1. The minimum Gasteiger partial charge on any atom is -0.468 e. The Morgan fingerprint density at radius 2 is 2.17 bits per heavy atom. The minimum absolute atomic E-state index is 0.000741. The summed E-state index contributed by atoms with van der Waals surface area (Å²) in [5.41, 5.74) is 0. The molecule has 1 aromatic heterocycles. The van der Waals surface area contributed by atoms with Crippen molar-refractivity contribution in [3.63, 3.8) is 0 Å². The molecule has 1 unspecified atom stereocenters. The maximum absolute atomic E-state index is 12.2. The number of carbonyl (C=O) groups excluding carboxylic acids is 1. The highest BCUT2D eigenvalue weighted by molar-refractivity contribution is 5.74. The average Bonchev–Trinajstić information content (AvgIpc) is 3.28. The molecular formula is C18H27N3O3. The van der Waals surface area contributed by atoms with Crippen molar-refractivity contribution in [2.45, 2.75) is 37.8 Å². The predicted molar refractivity (Wildman–Crippen MR) is 91.5 cm³/mol. The van der Waals surface area contributed by atoms with Crippen LogP contribution in [0.25, 0.3) is 0 Å². The van der Waals surface area contributed by atoms with Crippen LogP contribution in [-0.2, 0) is 0 Å². The number of aliphatic hydroxyl groups is 1. The highest BCUT2D eigenvalue weighted by Crippen LogP contribution is 2.24. The van der Waals surface area contributed by atoms with Crippen molar-refractivity contribution in [2.24, 2.45) is 5.92 Å². The number of rotatable bonds is 6. The number of furan rings is 1. The van der Waals surface area contributed by atoms with E-state index in [9.17, 15) is 4.79 Å². The van der Waals surface area contributed by atoms with E-state index >= 15 is 0 Å². The fourth-order valence-corrected chi connectivity index (χ4v) is 3.55. The molecule has 3 atom stereocenters. The van der Waals surface area contributed by atoms with E-state index < -0.39 is 0 Å². The van der Waals surface area contributed by atoms with Crippen LogP contribution < -0.4 is 10.6 Å². The Bertz CT molecular complexity index is 538. The first-order valence-corrected chi connectivity index (χ1v) is 8.87. The standard InChI is InChI=1S/C18H27N3O3/c22-13-14-6-7-15(11-14)20-18(23)19-12-16(17-5-4-10-24-17)21-8-2-1-3-9-21/h4-7,10,14-16,22H,1-3,8-9,11-13H2,(H2,19,20,23)/t14-,15+,16?/m0/s1. The normalized spacial score (nSPS) is 25.5. The van der Waals surface area contributed by atoms with Crippen molar-refractivity contribution in [3.8, 4) is 0 Å². The molecule has 1 aliphatic carbocycles. The van der Waals surface area contributed by atoms with Crippen LogP contribution in [0.3, 0.4) is 0 Å². The summed E-state index contributed by atoms with van der Waals surface area (Å²) in [4.78, 5) is 14.6. The van der Waals surface area contributed by atoms with Gasteiger partial charge in [0.25, 0.3) is 0 Å². The van der Waals surface area contributed by atoms with Crippen LogP contribution in [0.15, 0.2) is 35.0 Å². The van der Waals surface area contributed by atoms with Crippen molar-refractivity contribution in [2.75, 3.05) is 26.2 Å². The van der Waals surface area contributed by atoms with E-state index in [4.69, 9.17) is 9.52 Å². The van der Waals surface area contributed by atoms with Gasteiger partial charge in [0, 0.05) is 25.1 Å². The van der Waals surface area contributed by atoms with Gasteiger partial charge >= 0.3 is 6.03 Å². The van der Waals surface area contributed by atoms with Crippen molar-refractivity contribution in [3.05, 3.63) is 36.3 Å². The first kappa shape index (κ1) is 17.0. The van der Waals surface area contributed by atoms with E-state index in [-0.39, 0.29) is 30.6 Å². The van der Waals surface area contributed by atoms with Crippen LogP contribution >= 0.6 is 0 Å². The van der Waals surface area contributed by atoms with Crippen LogP contribution in [0, 0.1) is 5.92 Å². The Morgan fingerprint density at radius 3 is 2.83 bits per heavy atom. The number of hydrogen-bond acceptors (Lipinski definition) is 4. The lowest BCUT2D eigenvalue weighted by molar-refractivity contribution is 0.143. The second kappa shape index (κ2) is 8.35. The molecule has 0 spiro atoms. The third kappa shape index (κ3) is 4.39. The Morgan fingerprint density at radius 1 is 1.33 bits per heavy atom. The van der Waals surface area contributed by atoms with Gasteiger partial charge in [-0.25, -0.2) is 4.79 Å². The summed E-state index contributed by atoms with van der Waals surface area (Å²) in [6.45, 7) is 2.74. The van der Waals surface area contributed by atoms with E-state index in [1.165, 1.54) is 19.3 Å². The molecule has 3 rings (SSSR count). The number of likely N-dealkylation sites (tertiary alicyclic amines) is 1. The average molecular weight is 333 g/mol. The minimum atomic E-state index is -0.170. The van der Waals surface area contributed by atoms with Gasteiger partial charge in [0.05, 0.1) is 12.3 Å². The van der Waals surface area contributed by atoms with E-state index in [0.29, 0.717) is 6.54 Å². The topological polar surface area (TPSA) is 77.7 Å². The summed E-state index contributed by atoms with van der Waals surface area (Å²) < 4.78 is 5.59. The molecule has 3 N–H and O–H groups in total. The van der Waals surface area contributed by atoms with Crippen molar-refractivity contribution < 1.29 is 14.3 Å². The van der Waals surface area contributed by atoms with Crippen molar-refractivity contribution in [1.82, 2.24) is 15.5 Å². The summed E-state index contributed by atoms with van der Waals surface area (Å²) >= 11 is 0. The molecule has 0 saturated carbocycles. The molecule has 2 amide bonds. The van der Waals surface area contributed by atoms with Crippen LogP contribution in [0.1, 0.15) is 37.5 Å². The van der Waals surface area contributed by atoms with Gasteiger partial charge < -0.3 is 20.2 Å². The maximum atomic E-state index is 12.2. The fourth-order valence-electron chi connectivity index (χ4n) is 3.55. The van der Waals surface area contributed by atoms with Crippen molar-refractivity contribution >= 4 is 6.03 Å². The predicted octanol–water partition coefficient (Wildman–Crippen LogP) is 2.04. The van der Waals surface area contributed by atoms with Crippen molar-refractivity contribution in [1.29, 1.82) is 0 Å². The zero-order chi connectivity index (χ0) is 16.8. The highest BCUT2D eigenvalue weighted by atomic mass is 16.3. The van der Waals surface area contributed by atoms with Gasteiger partial charge in [0.1, 0.15) is 5.76 Å². The fraction of sp³-hybridized carbons (Fsp3) is 0.611. The van der Waals surface area contributed by atoms with Crippen LogP contribution in [0.4, 0.5) is 4.79 Å². The monoisotopic (exact) mass is 333 g/mol. The van der Waals surface area contributed by atoms with Gasteiger partial charge in [0.2, 0.25) is 0 Å². The number of hydrogen-bond donors (Lipinski definition) is 3. The third-order valence-corrected chi connectivity index (χ3v) is 4.88. The molecule has 0 aromatic carbocycles. The van der Waals surface area contributed by atoms with Gasteiger partial charge in [-0.15, -0.1) is 0 Å². The highest BCUT2D eigenvalue weighted by Gasteiger charge is 2.25. The molecule has 6 nitrogen and oxygen atoms in total. The third-order valence-electron chi connectivity index (χ3n) is 4.88. The Hall–Kier alpha value is -1.79. The molecule has 0 bridgehead atoms. The molecule has 1 saturated heterocycles. The van der Waals surface area contributed by atoms with E-state index in [1.54, 1.807) is 6.26 Å². The molecule has 1 aliphatic heterocycles. The molecule has 1 fully saturated rings.